The van der Waals surface area contributed by atoms with Gasteiger partial charge in [0.15, 0.2) is 0 Å². The summed E-state index contributed by atoms with van der Waals surface area (Å²) < 4.78 is 0. The lowest BCUT2D eigenvalue weighted by molar-refractivity contribution is 0.143. The van der Waals surface area contributed by atoms with Gasteiger partial charge in [-0.05, 0) is 38.4 Å². The topological polar surface area (TPSA) is 29.3 Å². The average molecular weight is 204 g/mol. The molecule has 2 N–H and O–H groups in total. The maximum Gasteiger partial charge on any atom is 0.0555 e. The summed E-state index contributed by atoms with van der Waals surface area (Å²) in [5.41, 5.74) is 7.34. The molecule has 1 saturated heterocycles. The average Bonchev–Trinajstić information content (AvgIpc) is 2.83. The molecule has 1 atom stereocenters. The third-order valence-corrected chi connectivity index (χ3v) is 3.60. The summed E-state index contributed by atoms with van der Waals surface area (Å²) in [6, 6.07) is 10.6. The Bertz CT molecular complexity index is 304. The van der Waals surface area contributed by atoms with E-state index in [4.69, 9.17) is 5.73 Å². The fourth-order valence-corrected chi connectivity index (χ4v) is 2.44. The van der Waals surface area contributed by atoms with Crippen molar-refractivity contribution in [2.45, 2.75) is 25.3 Å². The Morgan fingerprint density at radius 3 is 2.33 bits per heavy atom. The van der Waals surface area contributed by atoms with Crippen LogP contribution in [0.15, 0.2) is 30.3 Å². The summed E-state index contributed by atoms with van der Waals surface area (Å²) in [7, 11) is 0. The van der Waals surface area contributed by atoms with Crippen molar-refractivity contribution in [3.63, 3.8) is 0 Å². The fraction of sp³-hybridized carbons (Fsp3) is 0.538. The monoisotopic (exact) mass is 204 g/mol. The molecule has 2 rings (SSSR count). The second-order valence-corrected chi connectivity index (χ2v) is 4.54. The van der Waals surface area contributed by atoms with Gasteiger partial charge in [-0.2, -0.15) is 0 Å². The number of hydrogen-bond donors (Lipinski definition) is 1. The minimum absolute atomic E-state index is 0.0256. The van der Waals surface area contributed by atoms with Crippen LogP contribution in [-0.4, -0.2) is 24.5 Å². The first-order chi connectivity index (χ1) is 7.27. The van der Waals surface area contributed by atoms with E-state index in [0.717, 1.165) is 0 Å². The van der Waals surface area contributed by atoms with E-state index in [1.54, 1.807) is 0 Å². The normalized spacial score (nSPS) is 21.5. The highest BCUT2D eigenvalue weighted by Gasteiger charge is 2.33. The van der Waals surface area contributed by atoms with Gasteiger partial charge in [0.2, 0.25) is 0 Å². The second kappa shape index (κ2) is 4.33. The van der Waals surface area contributed by atoms with Gasteiger partial charge >= 0.3 is 0 Å². The van der Waals surface area contributed by atoms with Crippen molar-refractivity contribution in [3.05, 3.63) is 35.9 Å². The van der Waals surface area contributed by atoms with Gasteiger partial charge in [0, 0.05) is 6.54 Å². The highest BCUT2D eigenvalue weighted by molar-refractivity contribution is 5.24. The maximum absolute atomic E-state index is 5.98. The molecule has 0 unspecified atom stereocenters. The van der Waals surface area contributed by atoms with E-state index in [-0.39, 0.29) is 5.54 Å². The Hall–Kier alpha value is -0.860. The van der Waals surface area contributed by atoms with Crippen LogP contribution >= 0.6 is 0 Å². The molecule has 0 spiro atoms. The third kappa shape index (κ3) is 1.92. The highest BCUT2D eigenvalue weighted by atomic mass is 15.2. The highest BCUT2D eigenvalue weighted by Crippen LogP contribution is 2.30. The molecule has 0 radical (unpaired) electrons. The molecule has 2 heteroatoms. The van der Waals surface area contributed by atoms with E-state index in [0.29, 0.717) is 6.54 Å². The zero-order chi connectivity index (χ0) is 10.7. The van der Waals surface area contributed by atoms with Crippen LogP contribution < -0.4 is 5.73 Å². The Morgan fingerprint density at radius 2 is 1.80 bits per heavy atom. The van der Waals surface area contributed by atoms with E-state index in [1.807, 2.05) is 0 Å². The lowest BCUT2D eigenvalue weighted by atomic mass is 9.90. The van der Waals surface area contributed by atoms with Gasteiger partial charge in [0.25, 0.3) is 0 Å². The molecule has 0 bridgehead atoms. The minimum Gasteiger partial charge on any atom is -0.328 e. The van der Waals surface area contributed by atoms with Crippen LogP contribution in [0.1, 0.15) is 25.3 Å². The zero-order valence-corrected chi connectivity index (χ0v) is 9.45. The second-order valence-electron chi connectivity index (χ2n) is 4.54. The van der Waals surface area contributed by atoms with Gasteiger partial charge < -0.3 is 5.73 Å². The summed E-state index contributed by atoms with van der Waals surface area (Å²) in [6.07, 6.45) is 2.62. The first-order valence-corrected chi connectivity index (χ1v) is 5.78. The van der Waals surface area contributed by atoms with Crippen LogP contribution in [0.2, 0.25) is 0 Å². The summed E-state index contributed by atoms with van der Waals surface area (Å²) in [6.45, 7) is 5.32. The standard InChI is InChI=1S/C13H20N2/c1-13(11-14,15-9-5-6-10-15)12-7-3-2-4-8-12/h2-4,7-8H,5-6,9-11,14H2,1H3/t13-/m0/s1. The predicted molar refractivity (Wildman–Crippen MR) is 63.7 cm³/mol. The molecule has 0 saturated carbocycles. The zero-order valence-electron chi connectivity index (χ0n) is 9.45. The van der Waals surface area contributed by atoms with Gasteiger partial charge in [0.05, 0.1) is 5.54 Å². The van der Waals surface area contributed by atoms with Gasteiger partial charge in [-0.3, -0.25) is 4.90 Å². The molecule has 1 fully saturated rings. The SMILES string of the molecule is C[C@](CN)(c1ccccc1)N1CCCC1. The lowest BCUT2D eigenvalue weighted by Crippen LogP contribution is -2.47. The first-order valence-electron chi connectivity index (χ1n) is 5.78. The molecule has 15 heavy (non-hydrogen) atoms. The quantitative estimate of drug-likeness (QED) is 0.815. The molecule has 1 aliphatic heterocycles. The van der Waals surface area contributed by atoms with Crippen LogP contribution in [0, 0.1) is 0 Å². The molecular formula is C13H20N2. The van der Waals surface area contributed by atoms with Gasteiger partial charge in [-0.1, -0.05) is 30.3 Å². The summed E-state index contributed by atoms with van der Waals surface area (Å²) in [5.74, 6) is 0. The van der Waals surface area contributed by atoms with Crippen LogP contribution in [0.3, 0.4) is 0 Å². The van der Waals surface area contributed by atoms with Crippen molar-refractivity contribution in [1.82, 2.24) is 4.90 Å². The molecule has 1 aromatic rings. The van der Waals surface area contributed by atoms with E-state index in [1.165, 1.54) is 31.5 Å². The molecule has 1 aromatic carbocycles. The molecule has 1 heterocycles. The van der Waals surface area contributed by atoms with Crippen LogP contribution in [-0.2, 0) is 5.54 Å². The maximum atomic E-state index is 5.98. The van der Waals surface area contributed by atoms with Crippen LogP contribution in [0.25, 0.3) is 0 Å². The fourth-order valence-electron chi connectivity index (χ4n) is 2.44. The Balaban J connectivity index is 2.28. The smallest absolute Gasteiger partial charge is 0.0555 e. The van der Waals surface area contributed by atoms with Crippen LogP contribution in [0.5, 0.6) is 0 Å². The van der Waals surface area contributed by atoms with Gasteiger partial charge in [-0.25, -0.2) is 0 Å². The molecule has 0 aliphatic carbocycles. The Morgan fingerprint density at radius 1 is 1.20 bits per heavy atom. The largest absolute Gasteiger partial charge is 0.328 e. The lowest BCUT2D eigenvalue weighted by Gasteiger charge is -2.38. The Labute approximate surface area is 92.1 Å². The molecule has 82 valence electrons. The number of hydrogen-bond acceptors (Lipinski definition) is 2. The van der Waals surface area contributed by atoms with Crippen molar-refractivity contribution in [3.8, 4) is 0 Å². The predicted octanol–water partition coefficient (Wildman–Crippen LogP) is 1.96. The molecule has 0 aromatic heterocycles. The van der Waals surface area contributed by atoms with Gasteiger partial charge in [0.1, 0.15) is 0 Å². The molecular weight excluding hydrogens is 184 g/mol. The first kappa shape index (κ1) is 10.7. The van der Waals surface area contributed by atoms with Crippen molar-refractivity contribution in [1.29, 1.82) is 0 Å². The third-order valence-electron chi connectivity index (χ3n) is 3.60. The number of nitrogens with two attached hydrogens (primary N) is 1. The number of benzene rings is 1. The summed E-state index contributed by atoms with van der Waals surface area (Å²) in [5, 5.41) is 0. The van der Waals surface area contributed by atoms with Crippen molar-refractivity contribution in [2.75, 3.05) is 19.6 Å². The van der Waals surface area contributed by atoms with Crippen molar-refractivity contribution >= 4 is 0 Å². The van der Waals surface area contributed by atoms with E-state index in [2.05, 4.69) is 42.2 Å². The van der Waals surface area contributed by atoms with Gasteiger partial charge in [-0.15, -0.1) is 0 Å². The van der Waals surface area contributed by atoms with E-state index < -0.39 is 0 Å². The molecule has 0 amide bonds. The van der Waals surface area contributed by atoms with E-state index in [9.17, 15) is 0 Å². The number of nitrogens with zero attached hydrogens (tertiary/aromatic N) is 1. The number of rotatable bonds is 3. The Kier molecular flexibility index (Phi) is 3.08. The van der Waals surface area contributed by atoms with Crippen molar-refractivity contribution < 1.29 is 0 Å². The van der Waals surface area contributed by atoms with Crippen LogP contribution in [0.4, 0.5) is 0 Å². The number of likely N-dealkylation sites (tertiary alicyclic amines) is 1. The summed E-state index contributed by atoms with van der Waals surface area (Å²) in [4.78, 5) is 2.52. The molecule has 2 nitrogen and oxygen atoms in total. The molecule has 1 aliphatic rings. The van der Waals surface area contributed by atoms with E-state index >= 15 is 0 Å². The minimum atomic E-state index is 0.0256. The van der Waals surface area contributed by atoms with Crippen molar-refractivity contribution in [2.24, 2.45) is 5.73 Å². The summed E-state index contributed by atoms with van der Waals surface area (Å²) >= 11 is 0.